The highest BCUT2D eigenvalue weighted by molar-refractivity contribution is 6.01. The zero-order valence-corrected chi connectivity index (χ0v) is 20.6. The number of ether oxygens (including phenoxy) is 1. The predicted octanol–water partition coefficient (Wildman–Crippen LogP) is 3.64. The van der Waals surface area contributed by atoms with Crippen molar-refractivity contribution in [3.8, 4) is 0 Å². The van der Waals surface area contributed by atoms with Crippen LogP contribution in [0.3, 0.4) is 0 Å². The molecule has 34 heavy (non-hydrogen) atoms. The molecule has 0 heterocycles. The van der Waals surface area contributed by atoms with Gasteiger partial charge in [0.15, 0.2) is 18.1 Å². The van der Waals surface area contributed by atoms with Crippen LogP contribution in [0.1, 0.15) is 72.6 Å². The van der Waals surface area contributed by atoms with Gasteiger partial charge in [-0.3, -0.25) is 14.4 Å². The molecule has 0 aromatic rings. The summed E-state index contributed by atoms with van der Waals surface area (Å²) in [6.07, 6.45) is 6.03. The Labute approximate surface area is 200 Å². The van der Waals surface area contributed by atoms with Crippen molar-refractivity contribution in [2.24, 2.45) is 28.6 Å². The van der Waals surface area contributed by atoms with Crippen LogP contribution in [-0.2, 0) is 19.1 Å². The molecule has 1 unspecified atom stereocenters. The minimum absolute atomic E-state index is 0.0916. The van der Waals surface area contributed by atoms with Gasteiger partial charge in [0, 0.05) is 23.2 Å². The highest BCUT2D eigenvalue weighted by Gasteiger charge is 2.75. The summed E-state index contributed by atoms with van der Waals surface area (Å²) < 4.78 is 22.3. The second kappa shape index (κ2) is 8.37. The molecule has 0 spiro atoms. The first kappa shape index (κ1) is 25.2. The summed E-state index contributed by atoms with van der Waals surface area (Å²) >= 11 is 0. The van der Waals surface area contributed by atoms with E-state index in [1.807, 2.05) is 6.92 Å². The van der Waals surface area contributed by atoms with Crippen molar-refractivity contribution < 1.29 is 33.7 Å². The van der Waals surface area contributed by atoms with Gasteiger partial charge in [-0.1, -0.05) is 38.8 Å². The lowest BCUT2D eigenvalue weighted by atomic mass is 9.44. The lowest BCUT2D eigenvalue weighted by molar-refractivity contribution is -0.220. The molecule has 6 nitrogen and oxygen atoms in total. The molecule has 2 N–H and O–H groups in total. The fourth-order valence-corrected chi connectivity index (χ4v) is 7.79. The number of carbonyl (C=O) groups excluding carboxylic acids is 3. The highest BCUT2D eigenvalue weighted by Crippen LogP contribution is 2.70. The van der Waals surface area contributed by atoms with E-state index in [1.165, 1.54) is 12.2 Å². The molecule has 0 aromatic heterocycles. The molecule has 0 bridgehead atoms. The summed E-state index contributed by atoms with van der Waals surface area (Å²) in [6.45, 7) is 6.72. The van der Waals surface area contributed by atoms with E-state index in [9.17, 15) is 24.6 Å². The number of halogens is 1. The number of unbranched alkanes of at least 4 members (excludes halogenated alkanes) is 1. The summed E-state index contributed by atoms with van der Waals surface area (Å²) in [5.74, 6) is -2.64. The molecular weight excluding hydrogens is 439 g/mol. The van der Waals surface area contributed by atoms with E-state index in [0.29, 0.717) is 31.3 Å². The van der Waals surface area contributed by atoms with Crippen LogP contribution in [0.4, 0.5) is 4.39 Å². The largest absolute Gasteiger partial charge is 0.458 e. The Hall–Kier alpha value is -1.86. The van der Waals surface area contributed by atoms with Crippen molar-refractivity contribution in [1.82, 2.24) is 0 Å². The number of esters is 1. The molecule has 4 aliphatic carbocycles. The number of allylic oxidation sites excluding steroid dienone is 4. The third kappa shape index (κ3) is 3.22. The van der Waals surface area contributed by atoms with E-state index in [4.69, 9.17) is 4.74 Å². The van der Waals surface area contributed by atoms with E-state index >= 15 is 4.39 Å². The van der Waals surface area contributed by atoms with Crippen molar-refractivity contribution in [2.75, 3.05) is 6.61 Å². The second-order valence-electron chi connectivity index (χ2n) is 11.4. The molecule has 4 aliphatic rings. The number of alkyl halides is 1. The lowest BCUT2D eigenvalue weighted by Crippen LogP contribution is -2.69. The van der Waals surface area contributed by atoms with Gasteiger partial charge in [-0.05, 0) is 63.0 Å². The minimum Gasteiger partial charge on any atom is -0.458 e. The summed E-state index contributed by atoms with van der Waals surface area (Å²) in [7, 11) is 0. The van der Waals surface area contributed by atoms with Crippen LogP contribution in [0.2, 0.25) is 0 Å². The van der Waals surface area contributed by atoms with Gasteiger partial charge in [0.25, 0.3) is 0 Å². The smallest absolute Gasteiger partial charge is 0.306 e. The standard InChI is InChI=1S/C27H37FO6/c1-5-6-7-23(32)34-15-22(31)27(33)16(2)12-20-19-9-8-17-13-18(29)10-11-24(17,3)26(19,28)21(30)14-25(20,27)4/h10-11,13,16,19-21,30,33H,5-9,12,14-15H2,1-4H3/t16-,19-,20-,21-,24-,25-,26?,27-/m0/s1. The van der Waals surface area contributed by atoms with Crippen LogP contribution >= 0.6 is 0 Å². The normalized spacial score (nSPS) is 45.1. The van der Waals surface area contributed by atoms with Crippen molar-refractivity contribution in [1.29, 1.82) is 0 Å². The van der Waals surface area contributed by atoms with Crippen LogP contribution in [0.15, 0.2) is 23.8 Å². The maximum atomic E-state index is 17.1. The number of Topliss-reactive ketones (excluding diaryl/α,β-unsaturated/α-hetero) is 1. The maximum absolute atomic E-state index is 17.1. The third-order valence-electron chi connectivity index (χ3n) is 9.75. The molecule has 8 atom stereocenters. The number of hydrogen-bond acceptors (Lipinski definition) is 6. The number of ketones is 2. The molecule has 7 heteroatoms. The molecule has 3 fully saturated rings. The topological polar surface area (TPSA) is 101 Å². The molecule has 3 saturated carbocycles. The highest BCUT2D eigenvalue weighted by atomic mass is 19.1. The van der Waals surface area contributed by atoms with Crippen molar-refractivity contribution in [3.05, 3.63) is 23.8 Å². The van der Waals surface area contributed by atoms with Gasteiger partial charge >= 0.3 is 5.97 Å². The molecule has 0 saturated heterocycles. The number of hydrogen-bond donors (Lipinski definition) is 2. The van der Waals surface area contributed by atoms with Crippen molar-refractivity contribution in [3.63, 3.8) is 0 Å². The van der Waals surface area contributed by atoms with E-state index in [1.54, 1.807) is 26.8 Å². The quantitative estimate of drug-likeness (QED) is 0.568. The second-order valence-corrected chi connectivity index (χ2v) is 11.4. The molecule has 0 aliphatic heterocycles. The van der Waals surface area contributed by atoms with Gasteiger partial charge in [0.2, 0.25) is 5.78 Å². The summed E-state index contributed by atoms with van der Waals surface area (Å²) in [4.78, 5) is 37.2. The first-order valence-electron chi connectivity index (χ1n) is 12.6. The SMILES string of the molecule is CCCCC(=O)OCC(=O)[C@@]1(O)[C@@H](C)C[C@H]2[C@@H]3CCC4=CC(=O)C=C[C@]4(C)C3(F)[C@@H](O)C[C@@]21C. The van der Waals surface area contributed by atoms with E-state index < -0.39 is 58.4 Å². The molecule has 188 valence electrons. The zero-order valence-electron chi connectivity index (χ0n) is 20.6. The van der Waals surface area contributed by atoms with Crippen LogP contribution in [-0.4, -0.2) is 51.7 Å². The minimum atomic E-state index is -2.01. The van der Waals surface area contributed by atoms with Crippen molar-refractivity contribution in [2.45, 2.75) is 90.0 Å². The van der Waals surface area contributed by atoms with Crippen LogP contribution in [0.5, 0.6) is 0 Å². The van der Waals surface area contributed by atoms with E-state index in [0.717, 1.165) is 6.42 Å². The lowest BCUT2D eigenvalue weighted by Gasteiger charge is -2.62. The Bertz CT molecular complexity index is 957. The molecule has 4 rings (SSSR count). The Kier molecular flexibility index (Phi) is 6.21. The summed E-state index contributed by atoms with van der Waals surface area (Å²) in [5.41, 5.74) is -5.34. The monoisotopic (exact) mass is 476 g/mol. The molecule has 0 radical (unpaired) electrons. The maximum Gasteiger partial charge on any atom is 0.306 e. The predicted molar refractivity (Wildman–Crippen MR) is 123 cm³/mol. The van der Waals surface area contributed by atoms with Gasteiger partial charge in [0.1, 0.15) is 5.60 Å². The number of aliphatic hydroxyl groups is 2. The fraction of sp³-hybridized carbons (Fsp3) is 0.741. The number of fused-ring (bicyclic) bond motifs is 5. The van der Waals surface area contributed by atoms with E-state index in [2.05, 4.69) is 0 Å². The summed E-state index contributed by atoms with van der Waals surface area (Å²) in [6, 6.07) is 0. The molecule has 0 aromatic carbocycles. The average Bonchev–Trinajstić information content (AvgIpc) is 2.99. The Morgan fingerprint density at radius 1 is 1.26 bits per heavy atom. The number of rotatable bonds is 6. The number of aliphatic hydroxyl groups excluding tert-OH is 1. The van der Waals surface area contributed by atoms with Gasteiger partial charge in [0.05, 0.1) is 6.10 Å². The van der Waals surface area contributed by atoms with E-state index in [-0.39, 0.29) is 24.5 Å². The van der Waals surface area contributed by atoms with Crippen molar-refractivity contribution >= 4 is 17.5 Å². The Morgan fingerprint density at radius 3 is 2.65 bits per heavy atom. The van der Waals surface area contributed by atoms with Crippen LogP contribution in [0.25, 0.3) is 0 Å². The molecular formula is C27H37FO6. The Balaban J connectivity index is 1.65. The Morgan fingerprint density at radius 2 is 1.97 bits per heavy atom. The number of carbonyl (C=O) groups is 3. The average molecular weight is 477 g/mol. The van der Waals surface area contributed by atoms with Gasteiger partial charge in [-0.2, -0.15) is 0 Å². The van der Waals surface area contributed by atoms with Crippen LogP contribution in [0, 0.1) is 28.6 Å². The van der Waals surface area contributed by atoms with Gasteiger partial charge in [-0.25, -0.2) is 4.39 Å². The van der Waals surface area contributed by atoms with Gasteiger partial charge in [-0.15, -0.1) is 0 Å². The first-order valence-corrected chi connectivity index (χ1v) is 12.6. The zero-order chi connectivity index (χ0) is 25.1. The first-order chi connectivity index (χ1) is 15.9. The van der Waals surface area contributed by atoms with Gasteiger partial charge < -0.3 is 14.9 Å². The van der Waals surface area contributed by atoms with Crippen LogP contribution < -0.4 is 0 Å². The fourth-order valence-electron chi connectivity index (χ4n) is 7.79. The summed E-state index contributed by atoms with van der Waals surface area (Å²) in [5, 5.41) is 23.2. The third-order valence-corrected chi connectivity index (χ3v) is 9.75. The molecule has 0 amide bonds.